The van der Waals surface area contributed by atoms with Crippen LogP contribution in [-0.4, -0.2) is 62.6 Å². The summed E-state index contributed by atoms with van der Waals surface area (Å²) in [6, 6.07) is 11.9. The molecule has 2 aromatic heterocycles. The van der Waals surface area contributed by atoms with Crippen molar-refractivity contribution in [2.75, 3.05) is 50.8 Å². The number of benzene rings is 1. The van der Waals surface area contributed by atoms with Crippen LogP contribution in [0.3, 0.4) is 0 Å². The highest BCUT2D eigenvalue weighted by molar-refractivity contribution is 7.19. The lowest BCUT2D eigenvalue weighted by atomic mass is 9.75. The molecule has 0 bridgehead atoms. The number of carbonyl (C=O) groups excluding carboxylic acids is 2. The lowest BCUT2D eigenvalue weighted by Gasteiger charge is -2.30. The van der Waals surface area contributed by atoms with E-state index in [-0.39, 0.29) is 17.1 Å². The molecule has 40 heavy (non-hydrogen) atoms. The highest BCUT2D eigenvalue weighted by atomic mass is 32.1. The number of anilines is 1. The minimum atomic E-state index is -0.0755. The summed E-state index contributed by atoms with van der Waals surface area (Å²) in [6.45, 7) is 10.1. The number of hydrogen-bond donors (Lipinski definition) is 2. The summed E-state index contributed by atoms with van der Waals surface area (Å²) in [5.74, 6) is 0.731. The number of ether oxygens (including phenoxy) is 1. The molecule has 210 valence electrons. The molecule has 3 aliphatic rings. The Balaban J connectivity index is 1.32. The molecule has 0 spiro atoms. The van der Waals surface area contributed by atoms with Crippen molar-refractivity contribution in [3.8, 4) is 22.4 Å². The molecule has 1 amide bonds. The summed E-state index contributed by atoms with van der Waals surface area (Å²) in [5.41, 5.74) is 5.68. The highest BCUT2D eigenvalue weighted by Gasteiger charge is 2.37. The van der Waals surface area contributed by atoms with Crippen molar-refractivity contribution in [1.82, 2.24) is 15.6 Å². The quantitative estimate of drug-likeness (QED) is 0.433. The molecule has 6 rings (SSSR count). The van der Waals surface area contributed by atoms with Gasteiger partial charge in [0.05, 0.1) is 28.8 Å². The molecule has 3 aromatic rings. The second-order valence-electron chi connectivity index (χ2n) is 12.0. The summed E-state index contributed by atoms with van der Waals surface area (Å²) >= 11 is 1.64. The molecule has 2 fully saturated rings. The maximum Gasteiger partial charge on any atom is 0.251 e. The van der Waals surface area contributed by atoms with E-state index in [0.29, 0.717) is 37.7 Å². The normalized spacial score (nSPS) is 19.4. The fraction of sp³-hybridized carbons (Fsp3) is 0.469. The summed E-state index contributed by atoms with van der Waals surface area (Å²) in [6.07, 6.45) is 5.49. The minimum Gasteiger partial charge on any atom is -0.378 e. The maximum absolute atomic E-state index is 13.2. The summed E-state index contributed by atoms with van der Waals surface area (Å²) in [7, 11) is 0. The van der Waals surface area contributed by atoms with Crippen molar-refractivity contribution in [3.05, 3.63) is 58.6 Å². The van der Waals surface area contributed by atoms with E-state index in [9.17, 15) is 9.59 Å². The predicted octanol–water partition coefficient (Wildman–Crippen LogP) is 5.20. The minimum absolute atomic E-state index is 0.0428. The van der Waals surface area contributed by atoms with Gasteiger partial charge in [0, 0.05) is 48.9 Å². The number of thiophene rings is 1. The van der Waals surface area contributed by atoms with Gasteiger partial charge in [-0.2, -0.15) is 0 Å². The van der Waals surface area contributed by atoms with Gasteiger partial charge in [0.1, 0.15) is 0 Å². The van der Waals surface area contributed by atoms with E-state index in [0.717, 1.165) is 83.3 Å². The average Bonchev–Trinajstić information content (AvgIpc) is 3.36. The number of nitrogens with one attached hydrogen (secondary N) is 2. The first-order valence-electron chi connectivity index (χ1n) is 14.5. The number of hydrogen-bond acceptors (Lipinski definition) is 7. The van der Waals surface area contributed by atoms with Gasteiger partial charge in [-0.15, -0.1) is 11.3 Å². The zero-order valence-corrected chi connectivity index (χ0v) is 24.2. The zero-order chi connectivity index (χ0) is 27.7. The molecule has 1 aromatic carbocycles. The molecule has 8 heteroatoms. The van der Waals surface area contributed by atoms with Crippen LogP contribution in [0.1, 0.15) is 58.7 Å². The predicted molar refractivity (Wildman–Crippen MR) is 160 cm³/mol. The van der Waals surface area contributed by atoms with E-state index >= 15 is 0 Å². The zero-order valence-electron chi connectivity index (χ0n) is 23.4. The number of carbonyl (C=O) groups is 2. The molecule has 4 heterocycles. The number of amides is 1. The van der Waals surface area contributed by atoms with E-state index < -0.39 is 0 Å². The molecular weight excluding hydrogens is 520 g/mol. The van der Waals surface area contributed by atoms with Crippen molar-refractivity contribution < 1.29 is 14.3 Å². The first-order valence-corrected chi connectivity index (χ1v) is 15.3. The third-order valence-electron chi connectivity index (χ3n) is 8.31. The molecule has 2 N–H and O–H groups in total. The van der Waals surface area contributed by atoms with Crippen LogP contribution in [-0.2, 0) is 11.2 Å². The Morgan fingerprint density at radius 2 is 1.93 bits per heavy atom. The lowest BCUT2D eigenvalue weighted by molar-refractivity contribution is 0.0915. The first-order chi connectivity index (χ1) is 19.4. The van der Waals surface area contributed by atoms with Crippen molar-refractivity contribution in [1.29, 1.82) is 0 Å². The average molecular weight is 559 g/mol. The molecule has 0 atom stereocenters. The molecule has 0 unspecified atom stereocenters. The molecule has 0 saturated carbocycles. The van der Waals surface area contributed by atoms with Crippen LogP contribution in [0.4, 0.5) is 5.00 Å². The SMILES string of the molecule is CC1(C)CC(=O)c2sc(N3CCOCC3)c(-c3ccnc(-c4cccc(C(=O)NCC5CCNCC5)c4)c3)c2C1. The number of aromatic nitrogens is 1. The number of fused-ring (bicyclic) bond motifs is 1. The Hall–Kier alpha value is -3.07. The van der Waals surface area contributed by atoms with Gasteiger partial charge in [-0.3, -0.25) is 14.6 Å². The molecular formula is C32H38N4O3S. The fourth-order valence-corrected chi connectivity index (χ4v) is 7.51. The molecule has 1 aliphatic carbocycles. The molecule has 7 nitrogen and oxygen atoms in total. The van der Waals surface area contributed by atoms with Crippen LogP contribution in [0.5, 0.6) is 0 Å². The van der Waals surface area contributed by atoms with Gasteiger partial charge in [-0.25, -0.2) is 0 Å². The summed E-state index contributed by atoms with van der Waals surface area (Å²) in [4.78, 5) is 34.2. The van der Waals surface area contributed by atoms with Crippen LogP contribution >= 0.6 is 11.3 Å². The molecule has 2 aliphatic heterocycles. The Morgan fingerprint density at radius 3 is 2.73 bits per heavy atom. The molecule has 2 saturated heterocycles. The summed E-state index contributed by atoms with van der Waals surface area (Å²) < 4.78 is 5.63. The first kappa shape index (κ1) is 27.1. The Bertz CT molecular complexity index is 1400. The Morgan fingerprint density at radius 1 is 1.12 bits per heavy atom. The van der Waals surface area contributed by atoms with E-state index in [4.69, 9.17) is 9.72 Å². The van der Waals surface area contributed by atoms with Crippen LogP contribution in [0.25, 0.3) is 22.4 Å². The topological polar surface area (TPSA) is 83.6 Å². The van der Waals surface area contributed by atoms with E-state index in [1.165, 1.54) is 0 Å². The lowest BCUT2D eigenvalue weighted by Crippen LogP contribution is -2.36. The van der Waals surface area contributed by atoms with Crippen molar-refractivity contribution in [2.24, 2.45) is 11.3 Å². The van der Waals surface area contributed by atoms with Gasteiger partial charge < -0.3 is 20.3 Å². The molecule has 0 radical (unpaired) electrons. The van der Waals surface area contributed by atoms with E-state index in [2.05, 4.69) is 41.5 Å². The maximum atomic E-state index is 13.2. The third-order valence-corrected chi connectivity index (χ3v) is 9.65. The number of ketones is 1. The Labute approximate surface area is 240 Å². The standard InChI is InChI=1S/C32H38N4O3S/c1-32(2)18-25-28(31(36-12-14-39-15-13-36)40-29(25)27(37)19-32)23-8-11-34-26(17-23)22-4-3-5-24(16-22)30(38)35-20-21-6-9-33-10-7-21/h3-5,8,11,16-17,21,33H,6-7,9-10,12-15,18-20H2,1-2H3,(H,35,38). The van der Waals surface area contributed by atoms with Crippen LogP contribution in [0, 0.1) is 11.3 Å². The van der Waals surface area contributed by atoms with Crippen molar-refractivity contribution in [3.63, 3.8) is 0 Å². The fourth-order valence-electron chi connectivity index (χ4n) is 6.18. The van der Waals surface area contributed by atoms with Crippen LogP contribution in [0.2, 0.25) is 0 Å². The number of pyridine rings is 1. The van der Waals surface area contributed by atoms with Gasteiger partial charge in [-0.1, -0.05) is 26.0 Å². The largest absolute Gasteiger partial charge is 0.378 e. The number of rotatable bonds is 6. The van der Waals surface area contributed by atoms with Gasteiger partial charge in [0.2, 0.25) is 0 Å². The highest BCUT2D eigenvalue weighted by Crippen LogP contribution is 2.49. The van der Waals surface area contributed by atoms with E-state index in [1.807, 2.05) is 30.5 Å². The van der Waals surface area contributed by atoms with Crippen LogP contribution < -0.4 is 15.5 Å². The van der Waals surface area contributed by atoms with Crippen molar-refractivity contribution >= 4 is 28.0 Å². The number of piperidine rings is 1. The number of morpholine rings is 1. The monoisotopic (exact) mass is 558 g/mol. The second kappa shape index (κ2) is 11.4. The van der Waals surface area contributed by atoms with E-state index in [1.54, 1.807) is 11.3 Å². The van der Waals surface area contributed by atoms with Gasteiger partial charge in [-0.05, 0) is 79.1 Å². The third kappa shape index (κ3) is 5.71. The van der Waals surface area contributed by atoms with Gasteiger partial charge >= 0.3 is 0 Å². The van der Waals surface area contributed by atoms with Gasteiger partial charge in [0.25, 0.3) is 5.91 Å². The summed E-state index contributed by atoms with van der Waals surface area (Å²) in [5, 5.41) is 7.67. The second-order valence-corrected chi connectivity index (χ2v) is 13.0. The number of Topliss-reactive ketones (excluding diaryl/α,β-unsaturated/α-hetero) is 1. The van der Waals surface area contributed by atoms with Gasteiger partial charge in [0.15, 0.2) is 5.78 Å². The van der Waals surface area contributed by atoms with Crippen molar-refractivity contribution in [2.45, 2.75) is 39.5 Å². The number of nitrogens with zero attached hydrogens (tertiary/aromatic N) is 2. The van der Waals surface area contributed by atoms with Crippen LogP contribution in [0.15, 0.2) is 42.6 Å². The Kier molecular flexibility index (Phi) is 7.75. The smallest absolute Gasteiger partial charge is 0.251 e.